The molecule has 0 spiro atoms. The van der Waals surface area contributed by atoms with Gasteiger partial charge in [0.05, 0.1) is 5.57 Å². The molecule has 0 aromatic carbocycles. The van der Waals surface area contributed by atoms with Gasteiger partial charge in [-0.05, 0) is 0 Å². The Morgan fingerprint density at radius 2 is 1.75 bits per heavy atom. The number of Topliss-reactive ketones (excluding diaryl/α,β-unsaturated/α-hetero) is 2. The van der Waals surface area contributed by atoms with E-state index in [1.165, 1.54) is 6.92 Å². The summed E-state index contributed by atoms with van der Waals surface area (Å²) in [6.07, 6.45) is -5.15. The van der Waals surface area contributed by atoms with Gasteiger partial charge in [0.2, 0.25) is 0 Å². The van der Waals surface area contributed by atoms with Gasteiger partial charge in [0, 0.05) is 6.42 Å². The summed E-state index contributed by atoms with van der Waals surface area (Å²) in [5.74, 6) is -3.04. The van der Waals surface area contributed by atoms with Gasteiger partial charge in [0.1, 0.15) is 0 Å². The molecule has 0 bridgehead atoms. The maximum atomic E-state index is 11.6. The summed E-state index contributed by atoms with van der Waals surface area (Å²) in [5.41, 5.74) is -0.995. The third-order valence-corrected chi connectivity index (χ3v) is 1.19. The Hall–Kier alpha value is -1.13. The third kappa shape index (κ3) is 2.48. The minimum Gasteiger partial charge on any atom is -0.294 e. The second kappa shape index (κ2) is 3.51. The van der Waals surface area contributed by atoms with Crippen LogP contribution in [0.4, 0.5) is 13.2 Å². The standard InChI is InChI=1S/C7H7F3O2/c1-3-5(11)4(2)6(12)7(8,9)10/h2-3H2,1H3. The molecule has 0 amide bonds. The predicted octanol–water partition coefficient (Wildman–Crippen LogP) is 1.65. The Kier molecular flexibility index (Phi) is 3.18. The second-order valence-corrected chi connectivity index (χ2v) is 2.08. The fraction of sp³-hybridized carbons (Fsp3) is 0.429. The average molecular weight is 180 g/mol. The number of allylic oxidation sites excluding steroid dienone is 1. The van der Waals surface area contributed by atoms with Gasteiger partial charge < -0.3 is 0 Å². The van der Waals surface area contributed by atoms with Crippen molar-refractivity contribution in [1.29, 1.82) is 0 Å². The molecule has 0 aliphatic heterocycles. The lowest BCUT2D eigenvalue weighted by molar-refractivity contribution is -0.167. The van der Waals surface area contributed by atoms with Crippen LogP contribution in [0.3, 0.4) is 0 Å². The molecule has 0 unspecified atom stereocenters. The molecule has 0 aliphatic rings. The van der Waals surface area contributed by atoms with Crippen LogP contribution in [0.15, 0.2) is 12.2 Å². The lowest BCUT2D eigenvalue weighted by Gasteiger charge is -2.05. The third-order valence-electron chi connectivity index (χ3n) is 1.19. The van der Waals surface area contributed by atoms with E-state index >= 15 is 0 Å². The van der Waals surface area contributed by atoms with Crippen molar-refractivity contribution in [3.05, 3.63) is 12.2 Å². The zero-order valence-electron chi connectivity index (χ0n) is 6.36. The zero-order chi connectivity index (χ0) is 9.94. The highest BCUT2D eigenvalue weighted by atomic mass is 19.4. The Balaban J connectivity index is 4.53. The summed E-state index contributed by atoms with van der Waals surface area (Å²) in [6.45, 7) is 4.13. The van der Waals surface area contributed by atoms with Crippen molar-refractivity contribution in [1.82, 2.24) is 0 Å². The summed E-state index contributed by atoms with van der Waals surface area (Å²) < 4.78 is 34.9. The zero-order valence-corrected chi connectivity index (χ0v) is 6.36. The first-order chi connectivity index (χ1) is 5.30. The lowest BCUT2D eigenvalue weighted by atomic mass is 10.1. The van der Waals surface area contributed by atoms with Crippen LogP contribution in [0.5, 0.6) is 0 Å². The minimum absolute atomic E-state index is 0.152. The average Bonchev–Trinajstić information content (AvgIpc) is 1.98. The fourth-order valence-electron chi connectivity index (χ4n) is 0.511. The molecule has 0 aromatic heterocycles. The molecule has 0 heterocycles. The van der Waals surface area contributed by atoms with Crippen molar-refractivity contribution in [2.45, 2.75) is 19.5 Å². The normalized spacial score (nSPS) is 11.0. The lowest BCUT2D eigenvalue weighted by Crippen LogP contribution is -2.27. The topological polar surface area (TPSA) is 34.1 Å². The van der Waals surface area contributed by atoms with Gasteiger partial charge in [0.15, 0.2) is 5.78 Å². The van der Waals surface area contributed by atoms with E-state index < -0.39 is 23.3 Å². The molecular weight excluding hydrogens is 173 g/mol. The van der Waals surface area contributed by atoms with Gasteiger partial charge in [-0.15, -0.1) is 0 Å². The molecule has 68 valence electrons. The van der Waals surface area contributed by atoms with Crippen molar-refractivity contribution >= 4 is 11.6 Å². The van der Waals surface area contributed by atoms with E-state index in [1.807, 2.05) is 0 Å². The fourth-order valence-corrected chi connectivity index (χ4v) is 0.511. The van der Waals surface area contributed by atoms with Crippen LogP contribution < -0.4 is 0 Å². The molecule has 0 saturated carbocycles. The molecule has 0 fully saturated rings. The maximum Gasteiger partial charge on any atom is 0.454 e. The van der Waals surface area contributed by atoms with Gasteiger partial charge in [-0.3, -0.25) is 9.59 Å². The highest BCUT2D eigenvalue weighted by Crippen LogP contribution is 2.20. The molecule has 0 saturated heterocycles. The Labute approximate surface area is 67.1 Å². The summed E-state index contributed by atoms with van der Waals surface area (Å²) in [7, 11) is 0. The van der Waals surface area contributed by atoms with Gasteiger partial charge in [-0.1, -0.05) is 13.5 Å². The van der Waals surface area contributed by atoms with Gasteiger partial charge in [-0.2, -0.15) is 13.2 Å². The largest absolute Gasteiger partial charge is 0.454 e. The van der Waals surface area contributed by atoms with E-state index in [4.69, 9.17) is 0 Å². The van der Waals surface area contributed by atoms with Gasteiger partial charge in [0.25, 0.3) is 5.78 Å². The number of hydrogen-bond acceptors (Lipinski definition) is 2. The van der Waals surface area contributed by atoms with Gasteiger partial charge >= 0.3 is 6.18 Å². The van der Waals surface area contributed by atoms with Crippen LogP contribution in [-0.2, 0) is 9.59 Å². The Morgan fingerprint density at radius 1 is 1.33 bits per heavy atom. The monoisotopic (exact) mass is 180 g/mol. The minimum atomic E-state index is -5.00. The molecule has 0 rings (SSSR count). The van der Waals surface area contributed by atoms with Crippen LogP contribution in [0.2, 0.25) is 0 Å². The molecule has 0 atom stereocenters. The quantitative estimate of drug-likeness (QED) is 0.376. The van der Waals surface area contributed by atoms with Gasteiger partial charge in [-0.25, -0.2) is 0 Å². The first-order valence-corrected chi connectivity index (χ1v) is 3.14. The second-order valence-electron chi connectivity index (χ2n) is 2.08. The first-order valence-electron chi connectivity index (χ1n) is 3.14. The number of rotatable bonds is 3. The summed E-state index contributed by atoms with van der Waals surface area (Å²) in [6, 6.07) is 0. The summed E-state index contributed by atoms with van der Waals surface area (Å²) in [4.78, 5) is 20.9. The van der Waals surface area contributed by atoms with Crippen molar-refractivity contribution in [3.63, 3.8) is 0 Å². The molecule has 2 nitrogen and oxygen atoms in total. The van der Waals surface area contributed by atoms with E-state index in [9.17, 15) is 22.8 Å². The van der Waals surface area contributed by atoms with Crippen molar-refractivity contribution in [2.24, 2.45) is 0 Å². The molecule has 0 aliphatic carbocycles. The smallest absolute Gasteiger partial charge is 0.294 e. The highest BCUT2D eigenvalue weighted by Gasteiger charge is 2.41. The number of ketones is 2. The van der Waals surface area contributed by atoms with E-state index in [2.05, 4.69) is 6.58 Å². The van der Waals surface area contributed by atoms with E-state index in [0.717, 1.165) is 0 Å². The Morgan fingerprint density at radius 3 is 2.00 bits per heavy atom. The summed E-state index contributed by atoms with van der Waals surface area (Å²) >= 11 is 0. The van der Waals surface area contributed by atoms with Crippen LogP contribution >= 0.6 is 0 Å². The molecule has 0 N–H and O–H groups in total. The summed E-state index contributed by atoms with van der Waals surface area (Å²) in [5, 5.41) is 0. The molecule has 0 radical (unpaired) electrons. The Bertz CT molecular complexity index is 227. The van der Waals surface area contributed by atoms with Crippen molar-refractivity contribution in [2.75, 3.05) is 0 Å². The van der Waals surface area contributed by atoms with Crippen LogP contribution in [0.25, 0.3) is 0 Å². The number of hydrogen-bond donors (Lipinski definition) is 0. The molecule has 0 aromatic rings. The van der Waals surface area contributed by atoms with Crippen LogP contribution in [0.1, 0.15) is 13.3 Å². The number of carbonyl (C=O) groups excluding carboxylic acids is 2. The van der Waals surface area contributed by atoms with Crippen LogP contribution in [0, 0.1) is 0 Å². The molecular formula is C7H7F3O2. The van der Waals surface area contributed by atoms with Crippen molar-refractivity contribution in [3.8, 4) is 0 Å². The first kappa shape index (κ1) is 10.9. The van der Waals surface area contributed by atoms with Crippen molar-refractivity contribution < 1.29 is 22.8 Å². The maximum absolute atomic E-state index is 11.6. The van der Waals surface area contributed by atoms with Crippen LogP contribution in [-0.4, -0.2) is 17.7 Å². The number of halogens is 3. The predicted molar refractivity (Wildman–Crippen MR) is 35.5 cm³/mol. The number of alkyl halides is 3. The van der Waals surface area contributed by atoms with E-state index in [0.29, 0.717) is 0 Å². The van der Waals surface area contributed by atoms with E-state index in [-0.39, 0.29) is 6.42 Å². The van der Waals surface area contributed by atoms with E-state index in [1.54, 1.807) is 0 Å². The SMILES string of the molecule is C=C(C(=O)CC)C(=O)C(F)(F)F. The highest BCUT2D eigenvalue weighted by molar-refractivity contribution is 6.21. The molecule has 12 heavy (non-hydrogen) atoms. The molecule has 5 heteroatoms. The number of carbonyl (C=O) groups is 2.